The predicted octanol–water partition coefficient (Wildman–Crippen LogP) is 7.87. The van der Waals surface area contributed by atoms with Gasteiger partial charge < -0.3 is 4.74 Å². The van der Waals surface area contributed by atoms with Gasteiger partial charge in [-0.25, -0.2) is 19.9 Å². The van der Waals surface area contributed by atoms with Crippen LogP contribution in [0.15, 0.2) is 122 Å². The summed E-state index contributed by atoms with van der Waals surface area (Å²) in [6.45, 7) is 0. The molecule has 7 nitrogen and oxygen atoms in total. The standard InChI is InChI=1S/C34H20N6O/c1-3-9-29-24(7-1)25-15-13-22(18-31(25)39(29)32-11-5-6-16-36-32)41-21-12-14-23-26(17-21)34-38-28-8-2-4-10-30(28)40(34)33-27(23)19-35-20-37-33/h1-20H. The van der Waals surface area contributed by atoms with Gasteiger partial charge in [-0.15, -0.1) is 0 Å². The monoisotopic (exact) mass is 528 g/mol. The molecule has 0 saturated heterocycles. The highest BCUT2D eigenvalue weighted by atomic mass is 16.5. The summed E-state index contributed by atoms with van der Waals surface area (Å²) in [7, 11) is 0. The Morgan fingerprint density at radius 3 is 2.24 bits per heavy atom. The molecule has 0 spiro atoms. The van der Waals surface area contributed by atoms with E-state index in [0.717, 1.165) is 72.2 Å². The first kappa shape index (κ1) is 22.0. The van der Waals surface area contributed by atoms with E-state index in [-0.39, 0.29) is 0 Å². The largest absolute Gasteiger partial charge is 0.457 e. The molecule has 41 heavy (non-hydrogen) atoms. The molecule has 0 amide bonds. The molecular formula is C34H20N6O. The zero-order chi connectivity index (χ0) is 26.9. The smallest absolute Gasteiger partial charge is 0.150 e. The Morgan fingerprint density at radius 1 is 0.561 bits per heavy atom. The number of aromatic nitrogens is 6. The molecule has 0 saturated carbocycles. The fourth-order valence-electron chi connectivity index (χ4n) is 6.00. The van der Waals surface area contributed by atoms with Crippen molar-refractivity contribution in [1.82, 2.24) is 28.9 Å². The van der Waals surface area contributed by atoms with E-state index in [0.29, 0.717) is 0 Å². The molecule has 0 aliphatic carbocycles. The Bertz CT molecular complexity index is 2460. The van der Waals surface area contributed by atoms with Crippen LogP contribution in [0.25, 0.3) is 66.1 Å². The molecule has 0 bridgehead atoms. The van der Waals surface area contributed by atoms with Crippen LogP contribution in [0.1, 0.15) is 0 Å². The molecule has 9 aromatic rings. The van der Waals surface area contributed by atoms with Crippen LogP contribution in [0.4, 0.5) is 0 Å². The molecule has 9 rings (SSSR count). The van der Waals surface area contributed by atoms with Crippen molar-refractivity contribution in [3.63, 3.8) is 0 Å². The fraction of sp³-hybridized carbons (Fsp3) is 0. The van der Waals surface area contributed by atoms with Gasteiger partial charge in [-0.2, -0.15) is 0 Å². The summed E-state index contributed by atoms with van der Waals surface area (Å²) in [4.78, 5) is 18.6. The summed E-state index contributed by atoms with van der Waals surface area (Å²) in [5, 5.41) is 5.29. The number of rotatable bonds is 3. The molecule has 0 unspecified atom stereocenters. The minimum absolute atomic E-state index is 0.725. The van der Waals surface area contributed by atoms with Crippen molar-refractivity contribution in [2.45, 2.75) is 0 Å². The van der Waals surface area contributed by atoms with Gasteiger partial charge in [0.25, 0.3) is 0 Å². The molecule has 0 aliphatic heterocycles. The molecule has 0 aliphatic rings. The third-order valence-corrected chi connectivity index (χ3v) is 7.75. The topological polar surface area (TPSA) is 70.1 Å². The minimum Gasteiger partial charge on any atom is -0.457 e. The number of ether oxygens (including phenoxy) is 1. The van der Waals surface area contributed by atoms with Gasteiger partial charge in [0, 0.05) is 40.0 Å². The van der Waals surface area contributed by atoms with Gasteiger partial charge in [-0.1, -0.05) is 36.4 Å². The van der Waals surface area contributed by atoms with Crippen molar-refractivity contribution >= 4 is 60.3 Å². The average molecular weight is 529 g/mol. The van der Waals surface area contributed by atoms with Crippen LogP contribution in [-0.2, 0) is 0 Å². The SMILES string of the molecule is c1ccc(-n2c3ccccc3c3ccc(Oc4ccc5c6cncnc6n6c7ccccc7nc6c5c4)cc32)nc1. The lowest BCUT2D eigenvalue weighted by Gasteiger charge is -2.11. The van der Waals surface area contributed by atoms with Crippen LogP contribution in [0.2, 0.25) is 0 Å². The van der Waals surface area contributed by atoms with Crippen molar-refractivity contribution in [2.75, 3.05) is 0 Å². The number of benzene rings is 4. The van der Waals surface area contributed by atoms with Crippen LogP contribution in [0.3, 0.4) is 0 Å². The van der Waals surface area contributed by atoms with E-state index >= 15 is 0 Å². The first-order chi connectivity index (χ1) is 20.3. The molecule has 0 radical (unpaired) electrons. The molecule has 0 atom stereocenters. The highest BCUT2D eigenvalue weighted by Crippen LogP contribution is 2.37. The maximum atomic E-state index is 6.51. The Balaban J connectivity index is 1.25. The van der Waals surface area contributed by atoms with Crippen molar-refractivity contribution in [3.05, 3.63) is 122 Å². The lowest BCUT2D eigenvalue weighted by molar-refractivity contribution is 0.484. The number of para-hydroxylation sites is 3. The van der Waals surface area contributed by atoms with E-state index in [2.05, 4.69) is 78.5 Å². The van der Waals surface area contributed by atoms with Gasteiger partial charge in [0.15, 0.2) is 0 Å². The van der Waals surface area contributed by atoms with Gasteiger partial charge in [-0.3, -0.25) is 8.97 Å². The zero-order valence-electron chi connectivity index (χ0n) is 21.6. The van der Waals surface area contributed by atoms with Gasteiger partial charge in [0.1, 0.15) is 34.9 Å². The van der Waals surface area contributed by atoms with Crippen LogP contribution in [0.5, 0.6) is 11.5 Å². The van der Waals surface area contributed by atoms with Crippen LogP contribution in [-0.4, -0.2) is 28.9 Å². The first-order valence-electron chi connectivity index (χ1n) is 13.4. The lowest BCUT2D eigenvalue weighted by atomic mass is 10.1. The number of hydrogen-bond acceptors (Lipinski definition) is 5. The third-order valence-electron chi connectivity index (χ3n) is 7.75. The summed E-state index contributed by atoms with van der Waals surface area (Å²) in [5.74, 6) is 2.33. The van der Waals surface area contributed by atoms with Crippen molar-refractivity contribution in [2.24, 2.45) is 0 Å². The van der Waals surface area contributed by atoms with Gasteiger partial charge in [0.05, 0.1) is 22.1 Å². The molecule has 5 heterocycles. The number of nitrogens with zero attached hydrogens (tertiary/aromatic N) is 6. The number of pyridine rings is 2. The third kappa shape index (κ3) is 3.20. The van der Waals surface area contributed by atoms with E-state index in [4.69, 9.17) is 9.72 Å². The highest BCUT2D eigenvalue weighted by molar-refractivity contribution is 6.13. The molecule has 4 aromatic carbocycles. The summed E-state index contributed by atoms with van der Waals surface area (Å²) >= 11 is 0. The van der Waals surface area contributed by atoms with E-state index < -0.39 is 0 Å². The maximum absolute atomic E-state index is 6.51. The van der Waals surface area contributed by atoms with Crippen LogP contribution in [0, 0.1) is 0 Å². The van der Waals surface area contributed by atoms with E-state index in [1.54, 1.807) is 6.33 Å². The summed E-state index contributed by atoms with van der Waals surface area (Å²) in [5.41, 5.74) is 5.73. The first-order valence-corrected chi connectivity index (χ1v) is 13.4. The number of imidazole rings is 1. The van der Waals surface area contributed by atoms with Crippen LogP contribution < -0.4 is 4.74 Å². The maximum Gasteiger partial charge on any atom is 0.150 e. The predicted molar refractivity (Wildman–Crippen MR) is 162 cm³/mol. The van der Waals surface area contributed by atoms with Gasteiger partial charge >= 0.3 is 0 Å². The Labute approximate surface area is 232 Å². The molecule has 0 fully saturated rings. The lowest BCUT2D eigenvalue weighted by Crippen LogP contribution is -1.96. The summed E-state index contributed by atoms with van der Waals surface area (Å²) in [6, 6.07) is 34.8. The van der Waals surface area contributed by atoms with E-state index in [1.807, 2.05) is 60.9 Å². The summed E-state index contributed by atoms with van der Waals surface area (Å²) in [6.07, 6.45) is 5.27. The second-order valence-corrected chi connectivity index (χ2v) is 10.0. The Morgan fingerprint density at radius 2 is 1.34 bits per heavy atom. The highest BCUT2D eigenvalue weighted by Gasteiger charge is 2.17. The normalized spacial score (nSPS) is 11.9. The molecule has 7 heteroatoms. The van der Waals surface area contributed by atoms with Gasteiger partial charge in [0.2, 0.25) is 0 Å². The fourth-order valence-corrected chi connectivity index (χ4v) is 6.00. The van der Waals surface area contributed by atoms with Crippen molar-refractivity contribution < 1.29 is 4.74 Å². The number of hydrogen-bond donors (Lipinski definition) is 0. The van der Waals surface area contributed by atoms with Crippen molar-refractivity contribution in [3.8, 4) is 17.3 Å². The molecular weight excluding hydrogens is 508 g/mol. The average Bonchev–Trinajstić information content (AvgIpc) is 3.58. The Kier molecular flexibility index (Phi) is 4.48. The summed E-state index contributed by atoms with van der Waals surface area (Å²) < 4.78 is 10.8. The molecule has 192 valence electrons. The van der Waals surface area contributed by atoms with E-state index in [1.165, 1.54) is 5.39 Å². The second-order valence-electron chi connectivity index (χ2n) is 10.0. The van der Waals surface area contributed by atoms with E-state index in [9.17, 15) is 0 Å². The number of fused-ring (bicyclic) bond motifs is 11. The van der Waals surface area contributed by atoms with Gasteiger partial charge in [-0.05, 0) is 66.0 Å². The minimum atomic E-state index is 0.725. The molecule has 0 N–H and O–H groups in total. The Hall–Kier alpha value is -5.82. The quantitative estimate of drug-likeness (QED) is 0.218. The zero-order valence-corrected chi connectivity index (χ0v) is 21.6. The van der Waals surface area contributed by atoms with Crippen molar-refractivity contribution in [1.29, 1.82) is 0 Å². The molecule has 5 aromatic heterocycles. The van der Waals surface area contributed by atoms with Crippen LogP contribution >= 0.6 is 0 Å². The second kappa shape index (κ2) is 8.34.